The topological polar surface area (TPSA) is 78.4 Å². The van der Waals surface area contributed by atoms with Gasteiger partial charge in [-0.05, 0) is 26.0 Å². The molecule has 3 N–H and O–H groups in total. The lowest BCUT2D eigenvalue weighted by molar-refractivity contribution is -0.142. The molecule has 0 heterocycles. The molecule has 0 aliphatic heterocycles. The van der Waals surface area contributed by atoms with E-state index >= 15 is 0 Å². The third-order valence-electron chi connectivity index (χ3n) is 2.16. The maximum Gasteiger partial charge on any atom is 0.328 e. The highest BCUT2D eigenvalue weighted by Gasteiger charge is 2.29. The van der Waals surface area contributed by atoms with Crippen molar-refractivity contribution in [1.82, 2.24) is 5.32 Å². The van der Waals surface area contributed by atoms with Crippen LogP contribution in [0.3, 0.4) is 0 Å². The molecule has 5 nitrogen and oxygen atoms in total. The van der Waals surface area contributed by atoms with E-state index in [2.05, 4.69) is 10.6 Å². The van der Waals surface area contributed by atoms with Crippen LogP contribution in [0.25, 0.3) is 0 Å². The molecule has 0 fully saturated rings. The number of halogens is 2. The number of carbonyl (C=O) groups excluding carboxylic acids is 1. The summed E-state index contributed by atoms with van der Waals surface area (Å²) in [6.07, 6.45) is 0. The van der Waals surface area contributed by atoms with Crippen molar-refractivity contribution >= 4 is 40.9 Å². The van der Waals surface area contributed by atoms with Gasteiger partial charge in [-0.15, -0.1) is 0 Å². The minimum Gasteiger partial charge on any atom is -0.480 e. The standard InChI is InChI=1S/C11H12Cl2N2O3/c1-11(2,9(16)17)15-10(18)14-8-6(12)4-3-5-7(8)13/h3-5H,1-2H3,(H,16,17)(H2,14,15,18). The van der Waals surface area contributed by atoms with Crippen molar-refractivity contribution in [3.05, 3.63) is 28.2 Å². The van der Waals surface area contributed by atoms with Gasteiger partial charge in [0.15, 0.2) is 0 Å². The molecular weight excluding hydrogens is 279 g/mol. The fourth-order valence-electron chi connectivity index (χ4n) is 1.10. The first-order valence-corrected chi connectivity index (χ1v) is 5.76. The van der Waals surface area contributed by atoms with E-state index in [1.807, 2.05) is 0 Å². The summed E-state index contributed by atoms with van der Waals surface area (Å²) >= 11 is 11.7. The Hall–Kier alpha value is -1.46. The normalized spacial score (nSPS) is 10.9. The van der Waals surface area contributed by atoms with Gasteiger partial charge >= 0.3 is 12.0 Å². The van der Waals surface area contributed by atoms with Gasteiger partial charge in [0.25, 0.3) is 0 Å². The van der Waals surface area contributed by atoms with Crippen molar-refractivity contribution in [2.24, 2.45) is 0 Å². The average molecular weight is 291 g/mol. The lowest BCUT2D eigenvalue weighted by Crippen LogP contribution is -2.51. The second kappa shape index (κ2) is 5.46. The first kappa shape index (κ1) is 14.6. The van der Waals surface area contributed by atoms with Crippen molar-refractivity contribution in [3.63, 3.8) is 0 Å². The smallest absolute Gasteiger partial charge is 0.328 e. The summed E-state index contributed by atoms with van der Waals surface area (Å²) in [5.41, 5.74) is -1.16. The number of carboxylic acids is 1. The molecule has 0 aliphatic rings. The Bertz CT molecular complexity index is 469. The minimum absolute atomic E-state index is 0.236. The number of nitrogens with one attached hydrogen (secondary N) is 2. The molecule has 0 aliphatic carbocycles. The Morgan fingerprint density at radius 1 is 1.22 bits per heavy atom. The van der Waals surface area contributed by atoms with Crippen molar-refractivity contribution in [1.29, 1.82) is 0 Å². The van der Waals surface area contributed by atoms with Crippen molar-refractivity contribution in [3.8, 4) is 0 Å². The minimum atomic E-state index is -1.39. The molecule has 0 aromatic heterocycles. The molecule has 0 bridgehead atoms. The van der Waals surface area contributed by atoms with E-state index in [1.165, 1.54) is 13.8 Å². The van der Waals surface area contributed by atoms with Gasteiger partial charge in [0.2, 0.25) is 0 Å². The Morgan fingerprint density at radius 2 is 1.72 bits per heavy atom. The zero-order valence-corrected chi connectivity index (χ0v) is 11.3. The lowest BCUT2D eigenvalue weighted by Gasteiger charge is -2.21. The van der Waals surface area contributed by atoms with Gasteiger partial charge in [-0.25, -0.2) is 9.59 Å². The lowest BCUT2D eigenvalue weighted by atomic mass is 10.1. The van der Waals surface area contributed by atoms with Crippen molar-refractivity contribution in [2.75, 3.05) is 5.32 Å². The average Bonchev–Trinajstić information content (AvgIpc) is 2.22. The van der Waals surface area contributed by atoms with Gasteiger partial charge < -0.3 is 15.7 Å². The Labute approximate surface area is 114 Å². The predicted octanol–water partition coefficient (Wildman–Crippen LogP) is 2.98. The van der Waals surface area contributed by atoms with E-state index < -0.39 is 17.5 Å². The summed E-state index contributed by atoms with van der Waals surface area (Å²) in [7, 11) is 0. The molecule has 1 rings (SSSR count). The summed E-state index contributed by atoms with van der Waals surface area (Å²) in [5, 5.41) is 14.1. The summed E-state index contributed by atoms with van der Waals surface area (Å²) in [6, 6.07) is 4.06. The van der Waals surface area contributed by atoms with Crippen LogP contribution in [0.4, 0.5) is 10.5 Å². The molecule has 98 valence electrons. The number of amides is 2. The largest absolute Gasteiger partial charge is 0.480 e. The van der Waals surface area contributed by atoms with E-state index in [-0.39, 0.29) is 15.7 Å². The van der Waals surface area contributed by atoms with Crippen molar-refractivity contribution in [2.45, 2.75) is 19.4 Å². The Morgan fingerprint density at radius 3 is 2.17 bits per heavy atom. The van der Waals surface area contributed by atoms with E-state index in [0.717, 1.165) is 0 Å². The zero-order valence-electron chi connectivity index (χ0n) is 9.75. The number of carboxylic acid groups (broad SMARTS) is 1. The number of benzene rings is 1. The van der Waals surface area contributed by atoms with Crippen LogP contribution in [-0.4, -0.2) is 22.6 Å². The molecule has 0 radical (unpaired) electrons. The SMILES string of the molecule is CC(C)(NC(=O)Nc1c(Cl)cccc1Cl)C(=O)O. The summed E-state index contributed by atoms with van der Waals surface area (Å²) in [4.78, 5) is 22.5. The molecule has 7 heteroatoms. The van der Waals surface area contributed by atoms with Gasteiger partial charge in [-0.1, -0.05) is 29.3 Å². The van der Waals surface area contributed by atoms with Gasteiger partial charge in [0, 0.05) is 0 Å². The predicted molar refractivity (Wildman–Crippen MR) is 70.3 cm³/mol. The highest BCUT2D eigenvalue weighted by atomic mass is 35.5. The monoisotopic (exact) mass is 290 g/mol. The number of anilines is 1. The number of hydrogen-bond donors (Lipinski definition) is 3. The second-order valence-corrected chi connectivity index (χ2v) is 4.92. The molecule has 18 heavy (non-hydrogen) atoms. The van der Waals surface area contributed by atoms with Gasteiger partial charge in [0.05, 0.1) is 15.7 Å². The Kier molecular flexibility index (Phi) is 4.43. The first-order chi connectivity index (χ1) is 8.24. The molecule has 0 spiro atoms. The van der Waals surface area contributed by atoms with E-state index in [1.54, 1.807) is 18.2 Å². The van der Waals surface area contributed by atoms with Crippen molar-refractivity contribution < 1.29 is 14.7 Å². The number of aliphatic carboxylic acids is 1. The van der Waals surface area contributed by atoms with Crippen LogP contribution in [0.1, 0.15) is 13.8 Å². The van der Waals surface area contributed by atoms with Crippen LogP contribution < -0.4 is 10.6 Å². The van der Waals surface area contributed by atoms with E-state index in [9.17, 15) is 9.59 Å². The highest BCUT2D eigenvalue weighted by molar-refractivity contribution is 6.39. The second-order valence-electron chi connectivity index (χ2n) is 4.11. The van der Waals surface area contributed by atoms with Crippen LogP contribution in [0.15, 0.2) is 18.2 Å². The molecule has 0 saturated heterocycles. The summed E-state index contributed by atoms with van der Waals surface area (Å²) in [6.45, 7) is 2.73. The van der Waals surface area contributed by atoms with Crippen LogP contribution in [0.5, 0.6) is 0 Å². The molecule has 0 atom stereocenters. The van der Waals surface area contributed by atoms with Gasteiger partial charge in [-0.3, -0.25) is 0 Å². The maximum atomic E-state index is 11.6. The molecule has 0 saturated carbocycles. The molecule has 2 amide bonds. The Balaban J connectivity index is 2.80. The number of urea groups is 1. The maximum absolute atomic E-state index is 11.6. The summed E-state index contributed by atoms with van der Waals surface area (Å²) in [5.74, 6) is -1.15. The van der Waals surface area contributed by atoms with Crippen LogP contribution >= 0.6 is 23.2 Å². The van der Waals surface area contributed by atoms with Crippen LogP contribution in [0, 0.1) is 0 Å². The third kappa shape index (κ3) is 3.51. The number of carbonyl (C=O) groups is 2. The summed E-state index contributed by atoms with van der Waals surface area (Å²) < 4.78 is 0. The fraction of sp³-hybridized carbons (Fsp3) is 0.273. The fourth-order valence-corrected chi connectivity index (χ4v) is 1.59. The molecule has 1 aromatic rings. The number of rotatable bonds is 3. The van der Waals surface area contributed by atoms with Gasteiger partial charge in [0.1, 0.15) is 5.54 Å². The molecular formula is C11H12Cl2N2O3. The molecule has 0 unspecified atom stereocenters. The quantitative estimate of drug-likeness (QED) is 0.801. The highest BCUT2D eigenvalue weighted by Crippen LogP contribution is 2.29. The van der Waals surface area contributed by atoms with Gasteiger partial charge in [-0.2, -0.15) is 0 Å². The number of hydrogen-bond acceptors (Lipinski definition) is 2. The molecule has 1 aromatic carbocycles. The van der Waals surface area contributed by atoms with Crippen LogP contribution in [-0.2, 0) is 4.79 Å². The first-order valence-electron chi connectivity index (χ1n) is 5.00. The number of para-hydroxylation sites is 1. The third-order valence-corrected chi connectivity index (χ3v) is 2.79. The van der Waals surface area contributed by atoms with E-state index in [4.69, 9.17) is 28.3 Å². The zero-order chi connectivity index (χ0) is 13.9. The van der Waals surface area contributed by atoms with Crippen LogP contribution in [0.2, 0.25) is 10.0 Å². The van der Waals surface area contributed by atoms with E-state index in [0.29, 0.717) is 0 Å².